The molecule has 0 atom stereocenters. The third-order valence-electron chi connectivity index (χ3n) is 5.55. The molecule has 0 aromatic heterocycles. The smallest absolute Gasteiger partial charge is 0.486 e. The summed E-state index contributed by atoms with van der Waals surface area (Å²) in [5.74, 6) is 0.237. The van der Waals surface area contributed by atoms with Crippen LogP contribution < -0.4 is 14.2 Å². The molecular weight excluding hydrogens is 439 g/mol. The molecule has 9 heteroatoms. The number of alkyl halides is 3. The van der Waals surface area contributed by atoms with Crippen molar-refractivity contribution in [2.24, 2.45) is 5.92 Å². The fourth-order valence-corrected chi connectivity index (χ4v) is 3.90. The summed E-state index contributed by atoms with van der Waals surface area (Å²) in [7, 11) is 0. The van der Waals surface area contributed by atoms with Crippen LogP contribution in [0.15, 0.2) is 48.5 Å². The highest BCUT2D eigenvalue weighted by Crippen LogP contribution is 2.33. The van der Waals surface area contributed by atoms with Crippen LogP contribution in [0.25, 0.3) is 6.08 Å². The molecule has 0 spiro atoms. The minimum atomic E-state index is -4.82. The standard InChI is InChI=1S/C24H22F3NO5/c25-24(26,27)33-19-4-2-1-3-16(19)6-8-22(29)28-11-9-17(10-12-28)23(30)18-5-7-20-21(15-18)32-14-13-31-20/h1-8,15,17H,9-14H2/b8-6+. The normalized spacial score (nSPS) is 16.6. The molecule has 2 aromatic carbocycles. The van der Waals surface area contributed by atoms with E-state index in [-0.39, 0.29) is 28.9 Å². The fourth-order valence-electron chi connectivity index (χ4n) is 3.90. The molecule has 4 rings (SSSR count). The first-order valence-corrected chi connectivity index (χ1v) is 10.6. The number of para-hydroxylation sites is 1. The maximum Gasteiger partial charge on any atom is 0.573 e. The van der Waals surface area contributed by atoms with Crippen molar-refractivity contribution in [3.8, 4) is 17.2 Å². The first-order chi connectivity index (χ1) is 15.8. The van der Waals surface area contributed by atoms with E-state index in [1.165, 1.54) is 30.4 Å². The Morgan fingerprint density at radius 2 is 1.70 bits per heavy atom. The quantitative estimate of drug-likeness (QED) is 0.485. The number of carbonyl (C=O) groups is 2. The van der Waals surface area contributed by atoms with E-state index in [1.54, 1.807) is 29.2 Å². The van der Waals surface area contributed by atoms with E-state index in [0.717, 1.165) is 0 Å². The molecule has 2 aromatic rings. The molecule has 0 N–H and O–H groups in total. The summed E-state index contributed by atoms with van der Waals surface area (Å²) in [4.78, 5) is 27.0. The maximum absolute atomic E-state index is 12.9. The van der Waals surface area contributed by atoms with Gasteiger partial charge in [0.05, 0.1) is 0 Å². The number of Topliss-reactive ketones (excluding diaryl/α,β-unsaturated/α-hetero) is 1. The second-order valence-electron chi connectivity index (χ2n) is 7.74. The van der Waals surface area contributed by atoms with Crippen molar-refractivity contribution in [1.82, 2.24) is 4.90 Å². The predicted molar refractivity (Wildman–Crippen MR) is 113 cm³/mol. The molecule has 0 aliphatic carbocycles. The van der Waals surface area contributed by atoms with Crippen molar-refractivity contribution >= 4 is 17.8 Å². The number of ether oxygens (including phenoxy) is 3. The molecule has 0 bridgehead atoms. The number of halogens is 3. The SMILES string of the molecule is O=C(c1ccc2c(c1)OCCO2)C1CCN(C(=O)/C=C/c2ccccc2OC(F)(F)F)CC1. The molecule has 33 heavy (non-hydrogen) atoms. The van der Waals surface area contributed by atoms with E-state index >= 15 is 0 Å². The molecule has 2 aliphatic heterocycles. The van der Waals surface area contributed by atoms with Gasteiger partial charge in [0.15, 0.2) is 17.3 Å². The van der Waals surface area contributed by atoms with Crippen molar-refractivity contribution < 1.29 is 37.0 Å². The summed E-state index contributed by atoms with van der Waals surface area (Å²) in [5.41, 5.74) is 0.692. The topological polar surface area (TPSA) is 65.1 Å². The molecular formula is C24H22F3NO5. The van der Waals surface area contributed by atoms with Crippen LogP contribution in [0.5, 0.6) is 17.2 Å². The van der Waals surface area contributed by atoms with Crippen LogP contribution in [-0.2, 0) is 4.79 Å². The number of amides is 1. The number of piperidine rings is 1. The summed E-state index contributed by atoms with van der Waals surface area (Å²) in [6.45, 7) is 1.67. The highest BCUT2D eigenvalue weighted by molar-refractivity contribution is 5.99. The molecule has 2 aliphatic rings. The van der Waals surface area contributed by atoms with E-state index in [9.17, 15) is 22.8 Å². The Hall–Kier alpha value is -3.49. The van der Waals surface area contributed by atoms with Gasteiger partial charge in [0.1, 0.15) is 19.0 Å². The third kappa shape index (κ3) is 5.66. The molecule has 2 heterocycles. The molecule has 0 saturated carbocycles. The summed E-state index contributed by atoms with van der Waals surface area (Å²) < 4.78 is 52.7. The lowest BCUT2D eigenvalue weighted by Gasteiger charge is -2.30. The van der Waals surface area contributed by atoms with E-state index in [4.69, 9.17) is 9.47 Å². The number of benzene rings is 2. The van der Waals surface area contributed by atoms with Crippen LogP contribution in [-0.4, -0.2) is 49.3 Å². The molecule has 0 radical (unpaired) electrons. The number of ketones is 1. The minimum Gasteiger partial charge on any atom is -0.486 e. The van der Waals surface area contributed by atoms with E-state index in [1.807, 2.05) is 0 Å². The lowest BCUT2D eigenvalue weighted by molar-refractivity contribution is -0.274. The van der Waals surface area contributed by atoms with Crippen LogP contribution in [0.1, 0.15) is 28.8 Å². The lowest BCUT2D eigenvalue weighted by Crippen LogP contribution is -2.39. The summed E-state index contributed by atoms with van der Waals surface area (Å²) in [6, 6.07) is 10.7. The average Bonchev–Trinajstić information content (AvgIpc) is 2.81. The largest absolute Gasteiger partial charge is 0.573 e. The summed E-state index contributed by atoms with van der Waals surface area (Å²) in [5, 5.41) is 0. The second-order valence-corrected chi connectivity index (χ2v) is 7.74. The van der Waals surface area contributed by atoms with Gasteiger partial charge in [-0.05, 0) is 43.2 Å². The van der Waals surface area contributed by atoms with Crippen molar-refractivity contribution in [1.29, 1.82) is 0 Å². The monoisotopic (exact) mass is 461 g/mol. The minimum absolute atomic E-state index is 0.00663. The Morgan fingerprint density at radius 1 is 1.00 bits per heavy atom. The summed E-state index contributed by atoms with van der Waals surface area (Å²) >= 11 is 0. The zero-order valence-corrected chi connectivity index (χ0v) is 17.6. The number of likely N-dealkylation sites (tertiary alicyclic amines) is 1. The van der Waals surface area contributed by atoms with Gasteiger partial charge in [-0.1, -0.05) is 18.2 Å². The Bertz CT molecular complexity index is 1060. The molecule has 1 saturated heterocycles. The fraction of sp³-hybridized carbons (Fsp3) is 0.333. The highest BCUT2D eigenvalue weighted by atomic mass is 19.4. The number of nitrogens with zero attached hydrogens (tertiary/aromatic N) is 1. The molecule has 1 fully saturated rings. The molecule has 174 valence electrons. The molecule has 0 unspecified atom stereocenters. The zero-order chi connectivity index (χ0) is 23.4. The number of fused-ring (bicyclic) bond motifs is 1. The van der Waals surface area contributed by atoms with Crippen LogP contribution in [0.3, 0.4) is 0 Å². The second kappa shape index (κ2) is 9.56. The van der Waals surface area contributed by atoms with Gasteiger partial charge in [0.25, 0.3) is 0 Å². The van der Waals surface area contributed by atoms with Crippen LogP contribution >= 0.6 is 0 Å². The van der Waals surface area contributed by atoms with Gasteiger partial charge in [-0.2, -0.15) is 0 Å². The first kappa shape index (κ1) is 22.7. The Balaban J connectivity index is 1.34. The lowest BCUT2D eigenvalue weighted by atomic mass is 9.88. The third-order valence-corrected chi connectivity index (χ3v) is 5.55. The maximum atomic E-state index is 12.9. The van der Waals surface area contributed by atoms with E-state index in [2.05, 4.69) is 4.74 Å². The number of hydrogen-bond acceptors (Lipinski definition) is 5. The number of rotatable bonds is 5. The van der Waals surface area contributed by atoms with Crippen LogP contribution in [0.4, 0.5) is 13.2 Å². The van der Waals surface area contributed by atoms with Gasteiger partial charge >= 0.3 is 6.36 Å². The van der Waals surface area contributed by atoms with Gasteiger partial charge in [0.2, 0.25) is 5.91 Å². The van der Waals surface area contributed by atoms with Gasteiger partial charge in [-0.25, -0.2) is 0 Å². The Morgan fingerprint density at radius 3 is 2.42 bits per heavy atom. The van der Waals surface area contributed by atoms with Crippen molar-refractivity contribution in [2.45, 2.75) is 19.2 Å². The van der Waals surface area contributed by atoms with Gasteiger partial charge < -0.3 is 19.1 Å². The Labute approximate surface area is 188 Å². The van der Waals surface area contributed by atoms with Crippen molar-refractivity contribution in [2.75, 3.05) is 26.3 Å². The van der Waals surface area contributed by atoms with Crippen molar-refractivity contribution in [3.05, 3.63) is 59.7 Å². The Kier molecular flexibility index (Phi) is 6.57. The number of carbonyl (C=O) groups excluding carboxylic acids is 2. The molecule has 6 nitrogen and oxygen atoms in total. The number of hydrogen-bond donors (Lipinski definition) is 0. The van der Waals surface area contributed by atoms with Gasteiger partial charge in [-0.3, -0.25) is 9.59 Å². The average molecular weight is 461 g/mol. The van der Waals surface area contributed by atoms with Crippen LogP contribution in [0.2, 0.25) is 0 Å². The summed E-state index contributed by atoms with van der Waals surface area (Å²) in [6.07, 6.45) is -1.29. The van der Waals surface area contributed by atoms with Crippen molar-refractivity contribution in [3.63, 3.8) is 0 Å². The predicted octanol–water partition coefficient (Wildman–Crippen LogP) is 4.49. The van der Waals surface area contributed by atoms with Gasteiger partial charge in [-0.15, -0.1) is 13.2 Å². The zero-order valence-electron chi connectivity index (χ0n) is 17.6. The first-order valence-electron chi connectivity index (χ1n) is 10.6. The van der Waals surface area contributed by atoms with Crippen LogP contribution in [0, 0.1) is 5.92 Å². The highest BCUT2D eigenvalue weighted by Gasteiger charge is 2.32. The van der Waals surface area contributed by atoms with E-state index in [0.29, 0.717) is 56.2 Å². The van der Waals surface area contributed by atoms with Gasteiger partial charge in [0, 0.05) is 36.2 Å². The molecule has 1 amide bonds. The van der Waals surface area contributed by atoms with E-state index < -0.39 is 6.36 Å².